The molecule has 0 saturated carbocycles. The van der Waals surface area contributed by atoms with Crippen molar-refractivity contribution in [3.63, 3.8) is 0 Å². The second kappa shape index (κ2) is 4.89. The van der Waals surface area contributed by atoms with Crippen LogP contribution in [0.3, 0.4) is 0 Å². The van der Waals surface area contributed by atoms with Gasteiger partial charge in [-0.3, -0.25) is 0 Å². The molecule has 1 atom stereocenters. The van der Waals surface area contributed by atoms with Crippen LogP contribution in [0.15, 0.2) is 18.2 Å². The minimum absolute atomic E-state index is 0.230. The van der Waals surface area contributed by atoms with Gasteiger partial charge in [0.15, 0.2) is 11.5 Å². The lowest BCUT2D eigenvalue weighted by atomic mass is 9.99. The van der Waals surface area contributed by atoms with Crippen molar-refractivity contribution in [3.05, 3.63) is 23.8 Å². The SMILES string of the molecule is CCC(C)Cc1ccc(OC)c(O)c1. The highest BCUT2D eigenvalue weighted by atomic mass is 16.5. The first-order valence-electron chi connectivity index (χ1n) is 5.03. The minimum Gasteiger partial charge on any atom is -0.504 e. The van der Waals surface area contributed by atoms with E-state index in [2.05, 4.69) is 13.8 Å². The standard InChI is InChI=1S/C12H18O2/c1-4-9(2)7-10-5-6-12(14-3)11(13)8-10/h5-6,8-9,13H,4,7H2,1-3H3. The lowest BCUT2D eigenvalue weighted by molar-refractivity contribution is 0.372. The molecule has 0 radical (unpaired) electrons. The van der Waals surface area contributed by atoms with E-state index in [0.717, 1.165) is 18.4 Å². The fourth-order valence-corrected chi connectivity index (χ4v) is 1.41. The van der Waals surface area contributed by atoms with Gasteiger partial charge in [0.25, 0.3) is 0 Å². The highest BCUT2D eigenvalue weighted by Crippen LogP contribution is 2.27. The van der Waals surface area contributed by atoms with Gasteiger partial charge in [0.2, 0.25) is 0 Å². The average Bonchev–Trinajstić information content (AvgIpc) is 2.18. The van der Waals surface area contributed by atoms with Crippen LogP contribution in [-0.4, -0.2) is 12.2 Å². The third-order valence-corrected chi connectivity index (χ3v) is 2.52. The molecule has 0 aliphatic heterocycles. The van der Waals surface area contributed by atoms with Gasteiger partial charge >= 0.3 is 0 Å². The van der Waals surface area contributed by atoms with E-state index in [9.17, 15) is 5.11 Å². The Morgan fingerprint density at radius 3 is 2.64 bits per heavy atom. The summed E-state index contributed by atoms with van der Waals surface area (Å²) < 4.78 is 4.98. The number of benzene rings is 1. The van der Waals surface area contributed by atoms with Crippen molar-refractivity contribution >= 4 is 0 Å². The van der Waals surface area contributed by atoms with Crippen LogP contribution < -0.4 is 4.74 Å². The zero-order valence-corrected chi connectivity index (χ0v) is 9.08. The Labute approximate surface area is 85.5 Å². The summed E-state index contributed by atoms with van der Waals surface area (Å²) in [4.78, 5) is 0. The molecule has 2 heteroatoms. The summed E-state index contributed by atoms with van der Waals surface area (Å²) in [5.41, 5.74) is 1.16. The van der Waals surface area contributed by atoms with Gasteiger partial charge in [0.1, 0.15) is 0 Å². The van der Waals surface area contributed by atoms with E-state index in [4.69, 9.17) is 4.74 Å². The van der Waals surface area contributed by atoms with Crippen LogP contribution in [0.2, 0.25) is 0 Å². The van der Waals surface area contributed by atoms with Crippen molar-refractivity contribution in [2.24, 2.45) is 5.92 Å². The lowest BCUT2D eigenvalue weighted by Crippen LogP contribution is -1.97. The van der Waals surface area contributed by atoms with Gasteiger partial charge in [-0.05, 0) is 30.0 Å². The third-order valence-electron chi connectivity index (χ3n) is 2.52. The molecule has 0 aliphatic carbocycles. The molecule has 1 aromatic carbocycles. The number of rotatable bonds is 4. The van der Waals surface area contributed by atoms with Gasteiger partial charge in [0.05, 0.1) is 7.11 Å². The number of phenols is 1. The number of hydrogen-bond acceptors (Lipinski definition) is 2. The van der Waals surface area contributed by atoms with Crippen LogP contribution in [0.25, 0.3) is 0 Å². The van der Waals surface area contributed by atoms with Crippen molar-refractivity contribution in [1.29, 1.82) is 0 Å². The second-order valence-electron chi connectivity index (χ2n) is 3.72. The van der Waals surface area contributed by atoms with Crippen molar-refractivity contribution in [2.45, 2.75) is 26.7 Å². The topological polar surface area (TPSA) is 29.5 Å². The number of methoxy groups -OCH3 is 1. The van der Waals surface area contributed by atoms with Gasteiger partial charge in [-0.15, -0.1) is 0 Å². The first-order valence-corrected chi connectivity index (χ1v) is 5.03. The van der Waals surface area contributed by atoms with Crippen LogP contribution in [0.4, 0.5) is 0 Å². The summed E-state index contributed by atoms with van der Waals surface area (Å²) in [6.07, 6.45) is 2.17. The quantitative estimate of drug-likeness (QED) is 0.798. The molecule has 2 nitrogen and oxygen atoms in total. The summed E-state index contributed by atoms with van der Waals surface area (Å²) in [5.74, 6) is 1.42. The lowest BCUT2D eigenvalue weighted by Gasteiger charge is -2.10. The van der Waals surface area contributed by atoms with Crippen molar-refractivity contribution in [2.75, 3.05) is 7.11 Å². The van der Waals surface area contributed by atoms with E-state index in [1.54, 1.807) is 13.2 Å². The molecule has 1 aromatic rings. The predicted molar refractivity (Wildman–Crippen MR) is 57.8 cm³/mol. The Morgan fingerprint density at radius 2 is 2.14 bits per heavy atom. The maximum absolute atomic E-state index is 9.55. The zero-order chi connectivity index (χ0) is 10.6. The fraction of sp³-hybridized carbons (Fsp3) is 0.500. The predicted octanol–water partition coefficient (Wildman–Crippen LogP) is 2.99. The molecule has 0 bridgehead atoms. The molecular weight excluding hydrogens is 176 g/mol. The third kappa shape index (κ3) is 2.66. The van der Waals surface area contributed by atoms with Gasteiger partial charge in [-0.1, -0.05) is 26.3 Å². The van der Waals surface area contributed by atoms with E-state index in [1.165, 1.54) is 0 Å². The van der Waals surface area contributed by atoms with E-state index in [-0.39, 0.29) is 5.75 Å². The second-order valence-corrected chi connectivity index (χ2v) is 3.72. The van der Waals surface area contributed by atoms with Crippen LogP contribution in [0.5, 0.6) is 11.5 Å². The molecule has 0 spiro atoms. The summed E-state index contributed by atoms with van der Waals surface area (Å²) in [5, 5.41) is 9.55. The van der Waals surface area contributed by atoms with E-state index in [1.807, 2.05) is 12.1 Å². The molecule has 0 saturated heterocycles. The molecule has 14 heavy (non-hydrogen) atoms. The van der Waals surface area contributed by atoms with E-state index in [0.29, 0.717) is 11.7 Å². The first-order chi connectivity index (χ1) is 6.67. The maximum atomic E-state index is 9.55. The molecule has 1 unspecified atom stereocenters. The molecule has 1 rings (SSSR count). The molecule has 0 aliphatic rings. The van der Waals surface area contributed by atoms with Gasteiger partial charge in [0, 0.05) is 0 Å². The number of ether oxygens (including phenoxy) is 1. The average molecular weight is 194 g/mol. The van der Waals surface area contributed by atoms with Crippen molar-refractivity contribution in [3.8, 4) is 11.5 Å². The van der Waals surface area contributed by atoms with Crippen LogP contribution in [0, 0.1) is 5.92 Å². The molecular formula is C12H18O2. The summed E-state index contributed by atoms with van der Waals surface area (Å²) in [6, 6.07) is 5.60. The minimum atomic E-state index is 0.230. The van der Waals surface area contributed by atoms with Crippen LogP contribution in [-0.2, 0) is 6.42 Å². The smallest absolute Gasteiger partial charge is 0.160 e. The molecule has 0 heterocycles. The van der Waals surface area contributed by atoms with Crippen molar-refractivity contribution < 1.29 is 9.84 Å². The highest BCUT2D eigenvalue weighted by Gasteiger charge is 2.05. The summed E-state index contributed by atoms with van der Waals surface area (Å²) >= 11 is 0. The van der Waals surface area contributed by atoms with Gasteiger partial charge < -0.3 is 9.84 Å². The largest absolute Gasteiger partial charge is 0.504 e. The number of aromatic hydroxyl groups is 1. The highest BCUT2D eigenvalue weighted by molar-refractivity contribution is 5.41. The summed E-state index contributed by atoms with van der Waals surface area (Å²) in [7, 11) is 1.56. The Kier molecular flexibility index (Phi) is 3.81. The van der Waals surface area contributed by atoms with E-state index >= 15 is 0 Å². The van der Waals surface area contributed by atoms with Gasteiger partial charge in [-0.2, -0.15) is 0 Å². The first kappa shape index (κ1) is 10.9. The molecule has 0 aromatic heterocycles. The number of phenolic OH excluding ortho intramolecular Hbond substituents is 1. The summed E-state index contributed by atoms with van der Waals surface area (Å²) in [6.45, 7) is 4.38. The molecule has 1 N–H and O–H groups in total. The van der Waals surface area contributed by atoms with Crippen LogP contribution >= 0.6 is 0 Å². The van der Waals surface area contributed by atoms with Crippen molar-refractivity contribution in [1.82, 2.24) is 0 Å². The number of hydrogen-bond donors (Lipinski definition) is 1. The Morgan fingerprint density at radius 1 is 1.43 bits per heavy atom. The Bertz CT molecular complexity index is 294. The normalized spacial score (nSPS) is 12.5. The molecule has 0 fully saturated rings. The Balaban J connectivity index is 2.76. The Hall–Kier alpha value is -1.18. The van der Waals surface area contributed by atoms with Crippen LogP contribution in [0.1, 0.15) is 25.8 Å². The molecule has 78 valence electrons. The molecule has 0 amide bonds. The zero-order valence-electron chi connectivity index (χ0n) is 9.08. The van der Waals surface area contributed by atoms with E-state index < -0.39 is 0 Å². The monoisotopic (exact) mass is 194 g/mol. The fourth-order valence-electron chi connectivity index (χ4n) is 1.41. The maximum Gasteiger partial charge on any atom is 0.160 e. The van der Waals surface area contributed by atoms with Gasteiger partial charge in [-0.25, -0.2) is 0 Å².